The fraction of sp³-hybridized carbons (Fsp3) is 0.296. The molecule has 1 amide bonds. The first-order valence-electron chi connectivity index (χ1n) is 11.8. The molecule has 1 aliphatic rings. The van der Waals surface area contributed by atoms with E-state index in [0.29, 0.717) is 30.0 Å². The second kappa shape index (κ2) is 10.0. The summed E-state index contributed by atoms with van der Waals surface area (Å²) in [5.41, 5.74) is 5.10. The number of H-pyrrole nitrogens is 1. The molecule has 8 nitrogen and oxygen atoms in total. The lowest BCUT2D eigenvalue weighted by atomic mass is 9.94. The predicted molar refractivity (Wildman–Crippen MR) is 132 cm³/mol. The number of benzene rings is 1. The van der Waals surface area contributed by atoms with Crippen molar-refractivity contribution in [3.05, 3.63) is 89.4 Å². The van der Waals surface area contributed by atoms with Crippen molar-refractivity contribution in [2.75, 3.05) is 20.2 Å². The van der Waals surface area contributed by atoms with E-state index in [1.807, 2.05) is 42.2 Å². The minimum atomic E-state index is 0.0177. The number of aromatic amines is 1. The van der Waals surface area contributed by atoms with Gasteiger partial charge < -0.3 is 14.6 Å². The first kappa shape index (κ1) is 22.7. The number of amides is 1. The number of aryl methyl sites for hydroxylation is 1. The maximum atomic E-state index is 13.4. The van der Waals surface area contributed by atoms with E-state index in [1.54, 1.807) is 38.0 Å². The lowest BCUT2D eigenvalue weighted by Crippen LogP contribution is -2.39. The molecule has 5 rings (SSSR count). The Hall–Kier alpha value is -4.07. The number of para-hydroxylation sites is 1. The molecule has 0 saturated carbocycles. The number of rotatable bonds is 6. The van der Waals surface area contributed by atoms with E-state index < -0.39 is 0 Å². The van der Waals surface area contributed by atoms with Gasteiger partial charge in [0.1, 0.15) is 11.4 Å². The van der Waals surface area contributed by atoms with Crippen molar-refractivity contribution < 1.29 is 9.53 Å². The van der Waals surface area contributed by atoms with Crippen LogP contribution in [-0.4, -0.2) is 55.9 Å². The van der Waals surface area contributed by atoms with Crippen molar-refractivity contribution in [1.29, 1.82) is 0 Å². The smallest absolute Gasteiger partial charge is 0.253 e. The van der Waals surface area contributed by atoms with Gasteiger partial charge >= 0.3 is 0 Å². The molecule has 178 valence electrons. The molecule has 4 heterocycles. The summed E-state index contributed by atoms with van der Waals surface area (Å²) in [6.45, 7) is 3.29. The van der Waals surface area contributed by atoms with Crippen LogP contribution < -0.4 is 4.74 Å². The number of piperidine rings is 1. The molecule has 1 aromatic carbocycles. The lowest BCUT2D eigenvalue weighted by molar-refractivity contribution is 0.0705. The first-order chi connectivity index (χ1) is 17.1. The van der Waals surface area contributed by atoms with Crippen molar-refractivity contribution in [2.24, 2.45) is 0 Å². The van der Waals surface area contributed by atoms with Gasteiger partial charge in [0.05, 0.1) is 19.0 Å². The fourth-order valence-corrected chi connectivity index (χ4v) is 4.57. The van der Waals surface area contributed by atoms with E-state index in [0.717, 1.165) is 47.8 Å². The average molecular weight is 469 g/mol. The molecule has 1 atom stereocenters. The van der Waals surface area contributed by atoms with Crippen molar-refractivity contribution in [3.8, 4) is 17.3 Å². The van der Waals surface area contributed by atoms with Gasteiger partial charge in [0.25, 0.3) is 5.91 Å². The molecule has 4 aromatic rings. The highest BCUT2D eigenvalue weighted by Crippen LogP contribution is 2.28. The summed E-state index contributed by atoms with van der Waals surface area (Å²) < 4.78 is 5.46. The molecule has 1 aliphatic heterocycles. The van der Waals surface area contributed by atoms with Crippen molar-refractivity contribution in [2.45, 2.75) is 32.1 Å². The number of hydrogen-bond acceptors (Lipinski definition) is 6. The number of carbonyl (C=O) groups is 1. The number of nitrogens with one attached hydrogen (secondary N) is 1. The Morgan fingerprint density at radius 2 is 2.06 bits per heavy atom. The number of aromatic nitrogens is 5. The molecule has 0 unspecified atom stereocenters. The van der Waals surface area contributed by atoms with Crippen molar-refractivity contribution in [1.82, 2.24) is 29.8 Å². The zero-order chi connectivity index (χ0) is 24.2. The lowest BCUT2D eigenvalue weighted by Gasteiger charge is -2.32. The van der Waals surface area contributed by atoms with Gasteiger partial charge in [-0.1, -0.05) is 18.2 Å². The Labute approximate surface area is 204 Å². The quantitative estimate of drug-likeness (QED) is 0.456. The van der Waals surface area contributed by atoms with Crippen LogP contribution in [0.4, 0.5) is 0 Å². The van der Waals surface area contributed by atoms with Gasteiger partial charge in [-0.25, -0.2) is 9.97 Å². The van der Waals surface area contributed by atoms with E-state index in [2.05, 4.69) is 19.9 Å². The fourth-order valence-electron chi connectivity index (χ4n) is 4.57. The topological polar surface area (TPSA) is 96.9 Å². The summed E-state index contributed by atoms with van der Waals surface area (Å²) in [4.78, 5) is 36.6. The number of ether oxygens (including phenoxy) is 1. The predicted octanol–water partition coefficient (Wildman–Crippen LogP) is 4.19. The van der Waals surface area contributed by atoms with Crippen LogP contribution in [0.5, 0.6) is 5.75 Å². The van der Waals surface area contributed by atoms with Crippen molar-refractivity contribution in [3.63, 3.8) is 0 Å². The number of pyridine rings is 1. The minimum absolute atomic E-state index is 0.0177. The molecule has 1 fully saturated rings. The van der Waals surface area contributed by atoms with Crippen LogP contribution in [0.2, 0.25) is 0 Å². The number of imidazole rings is 1. The van der Waals surface area contributed by atoms with E-state index in [1.165, 1.54) is 0 Å². The van der Waals surface area contributed by atoms with E-state index in [4.69, 9.17) is 9.72 Å². The van der Waals surface area contributed by atoms with E-state index in [9.17, 15) is 4.79 Å². The number of hydrogen-bond donors (Lipinski definition) is 1. The maximum Gasteiger partial charge on any atom is 0.253 e. The second-order valence-electron chi connectivity index (χ2n) is 8.86. The molecular weight excluding hydrogens is 440 g/mol. The van der Waals surface area contributed by atoms with Gasteiger partial charge in [-0.15, -0.1) is 0 Å². The van der Waals surface area contributed by atoms with Crippen LogP contribution in [-0.2, 0) is 6.42 Å². The molecule has 1 saturated heterocycles. The summed E-state index contributed by atoms with van der Waals surface area (Å²) in [6, 6.07) is 11.5. The van der Waals surface area contributed by atoms with Gasteiger partial charge in [-0.2, -0.15) is 0 Å². The second-order valence-corrected chi connectivity index (χ2v) is 8.86. The molecular formula is C27H28N6O2. The van der Waals surface area contributed by atoms with Gasteiger partial charge in [-0.3, -0.25) is 14.8 Å². The summed E-state index contributed by atoms with van der Waals surface area (Å²) >= 11 is 0. The molecule has 3 aromatic heterocycles. The normalized spacial score (nSPS) is 15.7. The van der Waals surface area contributed by atoms with Crippen LogP contribution in [0, 0.1) is 6.92 Å². The number of likely N-dealkylation sites (tertiary alicyclic amines) is 1. The third-order valence-electron chi connectivity index (χ3n) is 6.35. The molecule has 0 spiro atoms. The van der Waals surface area contributed by atoms with Gasteiger partial charge in [0.15, 0.2) is 5.82 Å². The zero-order valence-corrected chi connectivity index (χ0v) is 19.9. The van der Waals surface area contributed by atoms with E-state index in [-0.39, 0.29) is 11.8 Å². The Balaban J connectivity index is 1.31. The Kier molecular flexibility index (Phi) is 6.52. The molecule has 35 heavy (non-hydrogen) atoms. The summed E-state index contributed by atoms with van der Waals surface area (Å²) in [5.74, 6) is 1.67. The standard InChI is InChI=1S/C27H28N6O2/c1-18-14-30-26(31-18)24-16-28-15-23(32-24)21-7-5-11-33(17-21)27(34)20-9-10-29-22(13-20)12-19-6-3-4-8-25(19)35-2/h3-4,6,8-10,13-16,21H,5,7,11-12,17H2,1-2H3,(H,30,31)/t21-/m1/s1. The number of methoxy groups -OCH3 is 1. The highest BCUT2D eigenvalue weighted by molar-refractivity contribution is 5.94. The van der Waals surface area contributed by atoms with Crippen LogP contribution in [0.15, 0.2) is 61.2 Å². The van der Waals surface area contributed by atoms with Gasteiger partial charge in [0.2, 0.25) is 0 Å². The third kappa shape index (κ3) is 5.06. The summed E-state index contributed by atoms with van der Waals surface area (Å²) in [5, 5.41) is 0. The van der Waals surface area contributed by atoms with Crippen LogP contribution in [0.3, 0.4) is 0 Å². The van der Waals surface area contributed by atoms with Crippen LogP contribution >= 0.6 is 0 Å². The molecule has 0 bridgehead atoms. The minimum Gasteiger partial charge on any atom is -0.496 e. The number of nitrogens with zero attached hydrogens (tertiary/aromatic N) is 5. The summed E-state index contributed by atoms with van der Waals surface area (Å²) in [6.07, 6.45) is 9.49. The Morgan fingerprint density at radius 1 is 1.17 bits per heavy atom. The summed E-state index contributed by atoms with van der Waals surface area (Å²) in [7, 11) is 1.66. The Bertz CT molecular complexity index is 1330. The monoisotopic (exact) mass is 468 g/mol. The highest BCUT2D eigenvalue weighted by atomic mass is 16.5. The Morgan fingerprint density at radius 3 is 2.89 bits per heavy atom. The molecule has 1 N–H and O–H groups in total. The molecule has 0 radical (unpaired) electrons. The van der Waals surface area contributed by atoms with E-state index >= 15 is 0 Å². The van der Waals surface area contributed by atoms with Gasteiger partial charge in [-0.05, 0) is 38.0 Å². The SMILES string of the molecule is COc1ccccc1Cc1cc(C(=O)N2CCC[C@@H](c3cncc(-c4ncc(C)[nH]4)n3)C2)ccn1. The largest absolute Gasteiger partial charge is 0.496 e. The average Bonchev–Trinajstić information content (AvgIpc) is 3.35. The first-order valence-corrected chi connectivity index (χ1v) is 11.8. The zero-order valence-electron chi connectivity index (χ0n) is 19.9. The highest BCUT2D eigenvalue weighted by Gasteiger charge is 2.27. The van der Waals surface area contributed by atoms with Crippen LogP contribution in [0.1, 0.15) is 51.8 Å². The molecule has 0 aliphatic carbocycles. The van der Waals surface area contributed by atoms with Crippen molar-refractivity contribution >= 4 is 5.91 Å². The maximum absolute atomic E-state index is 13.4. The van der Waals surface area contributed by atoms with Crippen LogP contribution in [0.25, 0.3) is 11.5 Å². The number of carbonyl (C=O) groups excluding carboxylic acids is 1. The van der Waals surface area contributed by atoms with Gasteiger partial charge in [0, 0.05) is 66.5 Å². The molecule has 8 heteroatoms. The third-order valence-corrected chi connectivity index (χ3v) is 6.35.